The second-order valence-electron chi connectivity index (χ2n) is 2.95. The molecular formula is C9H14N2O. The SMILES string of the molecule is CC(C)=CC(NN)c1ccoc1. The number of furan rings is 1. The van der Waals surface area contributed by atoms with Crippen molar-refractivity contribution in [1.82, 2.24) is 5.43 Å². The highest BCUT2D eigenvalue weighted by Crippen LogP contribution is 2.15. The minimum atomic E-state index is 0.0498. The summed E-state index contributed by atoms with van der Waals surface area (Å²) in [7, 11) is 0. The first-order valence-electron chi connectivity index (χ1n) is 3.87. The Hall–Kier alpha value is -1.06. The van der Waals surface area contributed by atoms with Crippen molar-refractivity contribution in [3.63, 3.8) is 0 Å². The number of hydrogen-bond acceptors (Lipinski definition) is 3. The fourth-order valence-corrected chi connectivity index (χ4v) is 1.03. The van der Waals surface area contributed by atoms with E-state index in [0.29, 0.717) is 0 Å². The van der Waals surface area contributed by atoms with E-state index >= 15 is 0 Å². The van der Waals surface area contributed by atoms with E-state index in [2.05, 4.69) is 5.43 Å². The van der Waals surface area contributed by atoms with E-state index in [1.54, 1.807) is 12.5 Å². The summed E-state index contributed by atoms with van der Waals surface area (Å²) < 4.78 is 4.95. The average molecular weight is 166 g/mol. The van der Waals surface area contributed by atoms with Crippen molar-refractivity contribution < 1.29 is 4.42 Å². The quantitative estimate of drug-likeness (QED) is 0.408. The minimum absolute atomic E-state index is 0.0498. The van der Waals surface area contributed by atoms with Gasteiger partial charge in [0.1, 0.15) is 0 Å². The molecule has 1 unspecified atom stereocenters. The van der Waals surface area contributed by atoms with Crippen LogP contribution in [0.2, 0.25) is 0 Å². The van der Waals surface area contributed by atoms with Gasteiger partial charge >= 0.3 is 0 Å². The summed E-state index contributed by atoms with van der Waals surface area (Å²) in [6.45, 7) is 4.06. The van der Waals surface area contributed by atoms with Crippen LogP contribution < -0.4 is 11.3 Å². The Labute approximate surface area is 72.2 Å². The Balaban J connectivity index is 2.77. The molecule has 0 amide bonds. The molecule has 0 aliphatic carbocycles. The molecule has 12 heavy (non-hydrogen) atoms. The third-order valence-electron chi connectivity index (χ3n) is 1.58. The molecule has 3 N–H and O–H groups in total. The van der Waals surface area contributed by atoms with Crippen molar-refractivity contribution in [2.45, 2.75) is 19.9 Å². The summed E-state index contributed by atoms with van der Waals surface area (Å²) in [4.78, 5) is 0. The van der Waals surface area contributed by atoms with Crippen molar-refractivity contribution in [1.29, 1.82) is 0 Å². The molecule has 0 fully saturated rings. The zero-order valence-corrected chi connectivity index (χ0v) is 7.37. The minimum Gasteiger partial charge on any atom is -0.472 e. The van der Waals surface area contributed by atoms with E-state index in [0.717, 1.165) is 5.56 Å². The number of hydrazine groups is 1. The van der Waals surface area contributed by atoms with Gasteiger partial charge < -0.3 is 4.42 Å². The first kappa shape index (κ1) is 9.03. The van der Waals surface area contributed by atoms with Gasteiger partial charge in [-0.25, -0.2) is 5.43 Å². The summed E-state index contributed by atoms with van der Waals surface area (Å²) in [5.41, 5.74) is 4.96. The van der Waals surface area contributed by atoms with E-state index in [1.807, 2.05) is 26.0 Å². The fourth-order valence-electron chi connectivity index (χ4n) is 1.03. The molecule has 66 valence electrons. The molecule has 1 atom stereocenters. The number of allylic oxidation sites excluding steroid dienone is 1. The van der Waals surface area contributed by atoms with Crippen molar-refractivity contribution >= 4 is 0 Å². The van der Waals surface area contributed by atoms with Crippen molar-refractivity contribution in [2.75, 3.05) is 0 Å². The highest BCUT2D eigenvalue weighted by Gasteiger charge is 2.06. The lowest BCUT2D eigenvalue weighted by Crippen LogP contribution is -2.26. The molecule has 0 saturated heterocycles. The van der Waals surface area contributed by atoms with Gasteiger partial charge in [0.05, 0.1) is 18.6 Å². The fraction of sp³-hybridized carbons (Fsp3) is 0.333. The molecule has 1 aromatic heterocycles. The predicted molar refractivity (Wildman–Crippen MR) is 48.2 cm³/mol. The molecule has 3 heteroatoms. The Morgan fingerprint density at radius 1 is 1.67 bits per heavy atom. The van der Waals surface area contributed by atoms with Crippen LogP contribution in [0, 0.1) is 0 Å². The second kappa shape index (κ2) is 4.09. The van der Waals surface area contributed by atoms with Gasteiger partial charge in [0.25, 0.3) is 0 Å². The van der Waals surface area contributed by atoms with Gasteiger partial charge in [-0.2, -0.15) is 0 Å². The standard InChI is InChI=1S/C9H14N2O/c1-7(2)5-9(11-10)8-3-4-12-6-8/h3-6,9,11H,10H2,1-2H3. The normalized spacial score (nSPS) is 12.6. The zero-order chi connectivity index (χ0) is 8.97. The first-order chi connectivity index (χ1) is 5.74. The first-order valence-corrected chi connectivity index (χ1v) is 3.87. The topological polar surface area (TPSA) is 51.2 Å². The highest BCUT2D eigenvalue weighted by atomic mass is 16.3. The van der Waals surface area contributed by atoms with E-state index in [-0.39, 0.29) is 6.04 Å². The van der Waals surface area contributed by atoms with E-state index < -0.39 is 0 Å². The molecule has 0 aromatic carbocycles. The monoisotopic (exact) mass is 166 g/mol. The number of rotatable bonds is 3. The number of hydrogen-bond donors (Lipinski definition) is 2. The lowest BCUT2D eigenvalue weighted by Gasteiger charge is -2.08. The van der Waals surface area contributed by atoms with E-state index in [1.165, 1.54) is 5.57 Å². The van der Waals surface area contributed by atoms with Gasteiger partial charge in [-0.1, -0.05) is 11.6 Å². The van der Waals surface area contributed by atoms with Gasteiger partial charge in [-0.3, -0.25) is 5.84 Å². The molecule has 0 radical (unpaired) electrons. The molecule has 0 spiro atoms. The largest absolute Gasteiger partial charge is 0.472 e. The highest BCUT2D eigenvalue weighted by molar-refractivity contribution is 5.18. The maximum Gasteiger partial charge on any atom is 0.0954 e. The Bertz CT molecular complexity index is 248. The summed E-state index contributed by atoms with van der Waals surface area (Å²) >= 11 is 0. The van der Waals surface area contributed by atoms with Crippen molar-refractivity contribution in [2.24, 2.45) is 5.84 Å². The van der Waals surface area contributed by atoms with Gasteiger partial charge in [0.2, 0.25) is 0 Å². The lowest BCUT2D eigenvalue weighted by molar-refractivity contribution is 0.555. The summed E-state index contributed by atoms with van der Waals surface area (Å²) in [5.74, 6) is 5.38. The maximum absolute atomic E-state index is 5.38. The van der Waals surface area contributed by atoms with E-state index in [4.69, 9.17) is 10.3 Å². The molecule has 1 heterocycles. The van der Waals surface area contributed by atoms with Crippen LogP contribution in [0.4, 0.5) is 0 Å². The smallest absolute Gasteiger partial charge is 0.0954 e. The number of nitrogens with one attached hydrogen (secondary N) is 1. The molecule has 0 saturated carbocycles. The molecular weight excluding hydrogens is 152 g/mol. The van der Waals surface area contributed by atoms with Crippen LogP contribution in [0.15, 0.2) is 34.7 Å². The predicted octanol–water partition coefficient (Wildman–Crippen LogP) is 1.75. The van der Waals surface area contributed by atoms with Crippen LogP contribution >= 0.6 is 0 Å². The summed E-state index contributed by atoms with van der Waals surface area (Å²) in [6.07, 6.45) is 5.37. The summed E-state index contributed by atoms with van der Waals surface area (Å²) in [6, 6.07) is 1.94. The molecule has 1 aromatic rings. The molecule has 0 aliphatic heterocycles. The van der Waals surface area contributed by atoms with Gasteiger partial charge in [0.15, 0.2) is 0 Å². The van der Waals surface area contributed by atoms with Crippen LogP contribution in [0.5, 0.6) is 0 Å². The van der Waals surface area contributed by atoms with Gasteiger partial charge in [-0.15, -0.1) is 0 Å². The van der Waals surface area contributed by atoms with Gasteiger partial charge in [-0.05, 0) is 19.9 Å². The molecule has 1 rings (SSSR count). The Morgan fingerprint density at radius 2 is 2.42 bits per heavy atom. The zero-order valence-electron chi connectivity index (χ0n) is 7.37. The third kappa shape index (κ3) is 2.22. The van der Waals surface area contributed by atoms with Crippen LogP contribution in [-0.4, -0.2) is 0 Å². The Morgan fingerprint density at radius 3 is 2.83 bits per heavy atom. The van der Waals surface area contributed by atoms with Crippen LogP contribution in [-0.2, 0) is 0 Å². The summed E-state index contributed by atoms with van der Waals surface area (Å²) in [5, 5.41) is 0. The van der Waals surface area contributed by atoms with Crippen LogP contribution in [0.1, 0.15) is 25.5 Å². The van der Waals surface area contributed by atoms with Crippen molar-refractivity contribution in [3.8, 4) is 0 Å². The third-order valence-corrected chi connectivity index (χ3v) is 1.58. The maximum atomic E-state index is 5.38. The molecule has 0 bridgehead atoms. The molecule has 3 nitrogen and oxygen atoms in total. The average Bonchev–Trinajstić information content (AvgIpc) is 2.51. The molecule has 0 aliphatic rings. The van der Waals surface area contributed by atoms with Crippen LogP contribution in [0.3, 0.4) is 0 Å². The number of nitrogens with two attached hydrogens (primary N) is 1. The van der Waals surface area contributed by atoms with Crippen molar-refractivity contribution in [3.05, 3.63) is 35.8 Å². The van der Waals surface area contributed by atoms with Gasteiger partial charge in [0, 0.05) is 5.56 Å². The van der Waals surface area contributed by atoms with E-state index in [9.17, 15) is 0 Å². The Kier molecular flexibility index (Phi) is 3.08. The second-order valence-corrected chi connectivity index (χ2v) is 2.95. The van der Waals surface area contributed by atoms with Crippen LogP contribution in [0.25, 0.3) is 0 Å². The lowest BCUT2D eigenvalue weighted by atomic mass is 10.1.